The summed E-state index contributed by atoms with van der Waals surface area (Å²) in [5.74, 6) is 1.27. The van der Waals surface area contributed by atoms with E-state index in [1.54, 1.807) is 6.07 Å². The molecular formula is C12H15ClFNS. The summed E-state index contributed by atoms with van der Waals surface area (Å²) in [7, 11) is 0. The second-order valence-electron chi connectivity index (χ2n) is 4.08. The summed E-state index contributed by atoms with van der Waals surface area (Å²) in [6.45, 7) is 4.18. The zero-order chi connectivity index (χ0) is 11.5. The van der Waals surface area contributed by atoms with Crippen molar-refractivity contribution in [2.75, 3.05) is 23.7 Å². The van der Waals surface area contributed by atoms with E-state index >= 15 is 0 Å². The first-order valence-electron chi connectivity index (χ1n) is 5.41. The van der Waals surface area contributed by atoms with Crippen LogP contribution in [0.2, 0.25) is 0 Å². The minimum Gasteiger partial charge on any atom is -0.370 e. The van der Waals surface area contributed by atoms with Gasteiger partial charge in [-0.25, -0.2) is 4.39 Å². The van der Waals surface area contributed by atoms with Crippen LogP contribution in [0.1, 0.15) is 12.5 Å². The maximum Gasteiger partial charge on any atom is 0.125 e. The van der Waals surface area contributed by atoms with Gasteiger partial charge >= 0.3 is 0 Å². The molecule has 0 amide bonds. The van der Waals surface area contributed by atoms with Crippen LogP contribution in [0, 0.1) is 5.82 Å². The molecule has 1 heterocycles. The first-order chi connectivity index (χ1) is 7.69. The summed E-state index contributed by atoms with van der Waals surface area (Å²) in [6.07, 6.45) is 0. The van der Waals surface area contributed by atoms with Gasteiger partial charge in [-0.05, 0) is 23.8 Å². The highest BCUT2D eigenvalue weighted by Gasteiger charge is 2.17. The summed E-state index contributed by atoms with van der Waals surface area (Å²) in [6, 6.07) is 5.08. The van der Waals surface area contributed by atoms with Gasteiger partial charge in [-0.2, -0.15) is 11.8 Å². The van der Waals surface area contributed by atoms with Gasteiger partial charge in [-0.3, -0.25) is 0 Å². The van der Waals surface area contributed by atoms with E-state index in [1.807, 2.05) is 17.8 Å². The largest absolute Gasteiger partial charge is 0.370 e. The predicted octanol–water partition coefficient (Wildman–Crippen LogP) is 3.51. The number of halogens is 2. The molecule has 0 radical (unpaired) electrons. The Morgan fingerprint density at radius 2 is 2.31 bits per heavy atom. The number of hydrogen-bond donors (Lipinski definition) is 0. The summed E-state index contributed by atoms with van der Waals surface area (Å²) < 4.78 is 13.4. The van der Waals surface area contributed by atoms with Gasteiger partial charge < -0.3 is 4.90 Å². The number of hydrogen-bond acceptors (Lipinski definition) is 2. The summed E-state index contributed by atoms with van der Waals surface area (Å²) in [5.41, 5.74) is 1.81. The number of anilines is 1. The van der Waals surface area contributed by atoms with Crippen LogP contribution in [0.15, 0.2) is 18.2 Å². The molecule has 16 heavy (non-hydrogen) atoms. The molecule has 1 aliphatic heterocycles. The van der Waals surface area contributed by atoms with Gasteiger partial charge in [0.15, 0.2) is 0 Å². The maximum atomic E-state index is 13.4. The summed E-state index contributed by atoms with van der Waals surface area (Å²) in [5, 5.41) is 0.608. The first-order valence-corrected chi connectivity index (χ1v) is 6.99. The van der Waals surface area contributed by atoms with Gasteiger partial charge in [0.2, 0.25) is 0 Å². The van der Waals surface area contributed by atoms with Gasteiger partial charge in [-0.15, -0.1) is 11.6 Å². The highest BCUT2D eigenvalue weighted by molar-refractivity contribution is 8.00. The van der Waals surface area contributed by atoms with Gasteiger partial charge in [-0.1, -0.05) is 6.92 Å². The Morgan fingerprint density at radius 3 is 3.00 bits per heavy atom. The van der Waals surface area contributed by atoms with Gasteiger partial charge in [0.05, 0.1) is 0 Å². The molecule has 1 aromatic carbocycles. The van der Waals surface area contributed by atoms with Crippen molar-refractivity contribution >= 4 is 29.1 Å². The molecule has 0 N–H and O–H groups in total. The molecule has 1 aliphatic rings. The molecule has 1 fully saturated rings. The van der Waals surface area contributed by atoms with Crippen molar-refractivity contribution in [2.45, 2.75) is 18.1 Å². The van der Waals surface area contributed by atoms with Crippen molar-refractivity contribution in [3.8, 4) is 0 Å². The molecule has 1 nitrogen and oxygen atoms in total. The van der Waals surface area contributed by atoms with Gasteiger partial charge in [0, 0.05) is 35.7 Å². The third-order valence-electron chi connectivity index (χ3n) is 2.70. The average molecular weight is 260 g/mol. The quantitative estimate of drug-likeness (QED) is 0.748. The lowest BCUT2D eigenvalue weighted by molar-refractivity contribution is 0.624. The van der Waals surface area contributed by atoms with Gasteiger partial charge in [0.1, 0.15) is 5.82 Å². The topological polar surface area (TPSA) is 3.24 Å². The van der Waals surface area contributed by atoms with E-state index in [9.17, 15) is 4.39 Å². The maximum absolute atomic E-state index is 13.4. The molecule has 1 aromatic rings. The molecule has 1 unspecified atom stereocenters. The molecule has 0 bridgehead atoms. The standard InChI is InChI=1S/C12H15ClFNS/c1-9-8-15(2-3-16-9)12-5-10(7-13)4-11(14)6-12/h4-6,9H,2-3,7-8H2,1H3. The molecule has 88 valence electrons. The molecule has 0 aromatic heterocycles. The Kier molecular flexibility index (Phi) is 3.98. The lowest BCUT2D eigenvalue weighted by Crippen LogP contribution is -2.36. The molecule has 1 saturated heterocycles. The number of nitrogens with zero attached hydrogens (tertiary/aromatic N) is 1. The van der Waals surface area contributed by atoms with Crippen molar-refractivity contribution in [3.63, 3.8) is 0 Å². The zero-order valence-corrected chi connectivity index (χ0v) is 10.8. The third kappa shape index (κ3) is 2.83. The Bertz CT molecular complexity index is 372. The van der Waals surface area contributed by atoms with Crippen LogP contribution in [0.3, 0.4) is 0 Å². The lowest BCUT2D eigenvalue weighted by atomic mass is 10.2. The van der Waals surface area contributed by atoms with Crippen molar-refractivity contribution in [2.24, 2.45) is 0 Å². The fraction of sp³-hybridized carbons (Fsp3) is 0.500. The summed E-state index contributed by atoms with van der Waals surface area (Å²) >= 11 is 7.72. The molecule has 4 heteroatoms. The van der Waals surface area contributed by atoms with Crippen molar-refractivity contribution in [3.05, 3.63) is 29.6 Å². The second kappa shape index (κ2) is 5.28. The molecule has 2 rings (SSSR count). The van der Waals surface area contributed by atoms with Crippen LogP contribution in [-0.2, 0) is 5.88 Å². The van der Waals surface area contributed by atoms with E-state index in [4.69, 9.17) is 11.6 Å². The molecular weight excluding hydrogens is 245 g/mol. The molecule has 0 aliphatic carbocycles. The van der Waals surface area contributed by atoms with E-state index in [0.29, 0.717) is 11.1 Å². The summed E-state index contributed by atoms with van der Waals surface area (Å²) in [4.78, 5) is 2.24. The predicted molar refractivity (Wildman–Crippen MR) is 70.1 cm³/mol. The molecule has 0 spiro atoms. The highest BCUT2D eigenvalue weighted by atomic mass is 35.5. The van der Waals surface area contributed by atoms with Gasteiger partial charge in [0.25, 0.3) is 0 Å². The highest BCUT2D eigenvalue weighted by Crippen LogP contribution is 2.25. The SMILES string of the molecule is CC1CN(c2cc(F)cc(CCl)c2)CCS1. The van der Waals surface area contributed by atoms with E-state index in [0.717, 1.165) is 30.1 Å². The normalized spacial score (nSPS) is 21.2. The Balaban J connectivity index is 2.21. The average Bonchev–Trinajstić information content (AvgIpc) is 2.28. The third-order valence-corrected chi connectivity index (χ3v) is 4.15. The molecule has 1 atom stereocenters. The lowest BCUT2D eigenvalue weighted by Gasteiger charge is -2.32. The van der Waals surface area contributed by atoms with Crippen LogP contribution in [0.4, 0.5) is 10.1 Å². The van der Waals surface area contributed by atoms with E-state index in [1.165, 1.54) is 6.07 Å². The van der Waals surface area contributed by atoms with Crippen molar-refractivity contribution in [1.82, 2.24) is 0 Å². The van der Waals surface area contributed by atoms with Crippen LogP contribution in [0.5, 0.6) is 0 Å². The number of benzene rings is 1. The molecule has 0 saturated carbocycles. The monoisotopic (exact) mass is 259 g/mol. The van der Waals surface area contributed by atoms with Crippen LogP contribution in [-0.4, -0.2) is 24.1 Å². The minimum atomic E-state index is -0.195. The van der Waals surface area contributed by atoms with Crippen LogP contribution >= 0.6 is 23.4 Å². The Morgan fingerprint density at radius 1 is 1.50 bits per heavy atom. The Hall–Kier alpha value is -0.410. The Labute approximate surface area is 105 Å². The van der Waals surface area contributed by atoms with E-state index < -0.39 is 0 Å². The van der Waals surface area contributed by atoms with Crippen LogP contribution < -0.4 is 4.90 Å². The number of alkyl halides is 1. The second-order valence-corrected chi connectivity index (χ2v) is 5.89. The fourth-order valence-electron chi connectivity index (χ4n) is 1.95. The minimum absolute atomic E-state index is 0.195. The van der Waals surface area contributed by atoms with Crippen molar-refractivity contribution in [1.29, 1.82) is 0 Å². The fourth-order valence-corrected chi connectivity index (χ4v) is 3.11. The van der Waals surface area contributed by atoms with Crippen LogP contribution in [0.25, 0.3) is 0 Å². The first kappa shape index (κ1) is 12.1. The van der Waals surface area contributed by atoms with Crippen molar-refractivity contribution < 1.29 is 4.39 Å². The number of thioether (sulfide) groups is 1. The zero-order valence-electron chi connectivity index (χ0n) is 9.25. The van der Waals surface area contributed by atoms with E-state index in [-0.39, 0.29) is 5.82 Å². The van der Waals surface area contributed by atoms with E-state index in [2.05, 4.69) is 11.8 Å². The smallest absolute Gasteiger partial charge is 0.125 e. The number of rotatable bonds is 2.